The van der Waals surface area contributed by atoms with Crippen LogP contribution in [-0.4, -0.2) is 36.0 Å². The monoisotopic (exact) mass is 245 g/mol. The molecule has 1 saturated heterocycles. The molecule has 1 aromatic heterocycles. The van der Waals surface area contributed by atoms with Gasteiger partial charge in [-0.3, -0.25) is 0 Å². The first kappa shape index (κ1) is 11.7. The Hall–Kier alpha value is -0.810. The zero-order valence-corrected chi connectivity index (χ0v) is 10.4. The first-order valence-electron chi connectivity index (χ1n) is 5.41. The molecule has 0 aromatic carbocycles. The van der Waals surface area contributed by atoms with Crippen molar-refractivity contribution in [3.63, 3.8) is 0 Å². The van der Waals surface area contributed by atoms with E-state index in [1.54, 1.807) is 6.92 Å². The topological polar surface area (TPSA) is 51.4 Å². The summed E-state index contributed by atoms with van der Waals surface area (Å²) in [6.07, 6.45) is 1.17. The van der Waals surface area contributed by atoms with Crippen LogP contribution < -0.4 is 4.90 Å². The average Bonchev–Trinajstić information content (AvgIpc) is 2.84. The van der Waals surface area contributed by atoms with Gasteiger partial charge in [0.1, 0.15) is 5.38 Å². The Balaban J connectivity index is 2.10. The van der Waals surface area contributed by atoms with Gasteiger partial charge in [0.2, 0.25) is 5.89 Å². The molecular formula is C10H16ClN3O2. The van der Waals surface area contributed by atoms with E-state index in [1.165, 1.54) is 0 Å². The summed E-state index contributed by atoms with van der Waals surface area (Å²) >= 11 is 5.87. The first-order valence-corrected chi connectivity index (χ1v) is 5.85. The third kappa shape index (κ3) is 2.15. The molecule has 0 amide bonds. The second kappa shape index (κ2) is 4.59. The minimum Gasteiger partial charge on any atom is -0.406 e. The number of rotatable bonds is 3. The number of hydrogen-bond donors (Lipinski definition) is 0. The van der Waals surface area contributed by atoms with E-state index in [9.17, 15) is 0 Å². The molecule has 1 aliphatic heterocycles. The van der Waals surface area contributed by atoms with Crippen molar-refractivity contribution in [1.82, 2.24) is 10.2 Å². The van der Waals surface area contributed by atoms with E-state index < -0.39 is 0 Å². The fourth-order valence-electron chi connectivity index (χ4n) is 1.90. The van der Waals surface area contributed by atoms with Crippen LogP contribution in [0.25, 0.3) is 0 Å². The highest BCUT2D eigenvalue weighted by Gasteiger charge is 2.30. The van der Waals surface area contributed by atoms with Gasteiger partial charge in [0.25, 0.3) is 0 Å². The van der Waals surface area contributed by atoms with E-state index in [2.05, 4.69) is 17.1 Å². The molecule has 6 heteroatoms. The van der Waals surface area contributed by atoms with Gasteiger partial charge in [-0.15, -0.1) is 16.7 Å². The number of ether oxygens (including phenoxy) is 1. The second-order valence-electron chi connectivity index (χ2n) is 4.08. The van der Waals surface area contributed by atoms with E-state index >= 15 is 0 Å². The lowest BCUT2D eigenvalue weighted by molar-refractivity contribution is 0.117. The number of nitrogens with zero attached hydrogens (tertiary/aromatic N) is 3. The Morgan fingerprint density at radius 1 is 1.50 bits per heavy atom. The number of hydrogen-bond acceptors (Lipinski definition) is 5. The van der Waals surface area contributed by atoms with Crippen molar-refractivity contribution in [2.75, 3.05) is 18.6 Å². The van der Waals surface area contributed by atoms with Gasteiger partial charge in [-0.1, -0.05) is 5.10 Å². The summed E-state index contributed by atoms with van der Waals surface area (Å²) < 4.78 is 11.0. The Morgan fingerprint density at radius 2 is 2.25 bits per heavy atom. The largest absolute Gasteiger partial charge is 0.406 e. The summed E-state index contributed by atoms with van der Waals surface area (Å²) in [4.78, 5) is 1.97. The lowest BCUT2D eigenvalue weighted by atomic mass is 10.1. The molecule has 16 heavy (non-hydrogen) atoms. The van der Waals surface area contributed by atoms with E-state index in [-0.39, 0.29) is 11.5 Å². The molecule has 90 valence electrons. The molecule has 3 atom stereocenters. The Kier molecular flexibility index (Phi) is 3.35. The fourth-order valence-corrected chi connectivity index (χ4v) is 1.99. The molecule has 0 spiro atoms. The molecule has 2 rings (SSSR count). The molecule has 1 fully saturated rings. The van der Waals surface area contributed by atoms with Gasteiger partial charge in [-0.2, -0.15) is 0 Å². The predicted octanol–water partition coefficient (Wildman–Crippen LogP) is 1.98. The van der Waals surface area contributed by atoms with Crippen molar-refractivity contribution in [3.05, 3.63) is 5.89 Å². The number of aromatic nitrogens is 2. The molecular weight excluding hydrogens is 230 g/mol. The molecule has 0 saturated carbocycles. The lowest BCUT2D eigenvalue weighted by Gasteiger charge is -2.24. The predicted molar refractivity (Wildman–Crippen MR) is 60.8 cm³/mol. The van der Waals surface area contributed by atoms with Gasteiger partial charge in [-0.05, 0) is 20.3 Å². The highest BCUT2D eigenvalue weighted by molar-refractivity contribution is 6.20. The van der Waals surface area contributed by atoms with Crippen LogP contribution in [0, 0.1) is 0 Å². The Labute approximate surface area is 99.7 Å². The summed E-state index contributed by atoms with van der Waals surface area (Å²) in [5.41, 5.74) is 0. The minimum absolute atomic E-state index is 0.189. The summed E-state index contributed by atoms with van der Waals surface area (Å²) in [6.45, 7) is 4.64. The summed E-state index contributed by atoms with van der Waals surface area (Å²) in [5.74, 6) is 0.454. The van der Waals surface area contributed by atoms with E-state index in [0.29, 0.717) is 17.9 Å². The molecule has 3 unspecified atom stereocenters. The van der Waals surface area contributed by atoms with Crippen LogP contribution in [0.15, 0.2) is 4.42 Å². The molecule has 1 aromatic rings. The van der Waals surface area contributed by atoms with Crippen molar-refractivity contribution in [1.29, 1.82) is 0 Å². The lowest BCUT2D eigenvalue weighted by Crippen LogP contribution is -2.36. The van der Waals surface area contributed by atoms with Crippen LogP contribution >= 0.6 is 11.6 Å². The van der Waals surface area contributed by atoms with E-state index in [0.717, 1.165) is 13.0 Å². The normalized spacial score (nSPS) is 27.0. The van der Waals surface area contributed by atoms with Gasteiger partial charge in [0, 0.05) is 13.7 Å². The fraction of sp³-hybridized carbons (Fsp3) is 0.800. The molecule has 0 bridgehead atoms. The Morgan fingerprint density at radius 3 is 2.75 bits per heavy atom. The molecule has 1 aliphatic rings. The van der Waals surface area contributed by atoms with Gasteiger partial charge < -0.3 is 14.1 Å². The van der Waals surface area contributed by atoms with Crippen LogP contribution in [0.5, 0.6) is 0 Å². The van der Waals surface area contributed by atoms with Gasteiger partial charge in [0.05, 0.1) is 12.1 Å². The Bertz CT molecular complexity index is 356. The zero-order chi connectivity index (χ0) is 11.7. The van der Waals surface area contributed by atoms with E-state index in [1.807, 2.05) is 11.9 Å². The smallest absolute Gasteiger partial charge is 0.318 e. The maximum absolute atomic E-state index is 5.87. The quantitative estimate of drug-likeness (QED) is 0.763. The molecule has 0 N–H and O–H groups in total. The molecule has 2 heterocycles. The van der Waals surface area contributed by atoms with Crippen LogP contribution in [0.2, 0.25) is 0 Å². The molecule has 5 nitrogen and oxygen atoms in total. The average molecular weight is 246 g/mol. The summed E-state index contributed by atoms with van der Waals surface area (Å²) in [7, 11) is 1.94. The van der Waals surface area contributed by atoms with Gasteiger partial charge in [-0.25, -0.2) is 0 Å². The molecule has 0 radical (unpaired) electrons. The summed E-state index contributed by atoms with van der Waals surface area (Å²) in [5, 5.41) is 7.63. The van der Waals surface area contributed by atoms with Gasteiger partial charge in [0.15, 0.2) is 0 Å². The van der Waals surface area contributed by atoms with Crippen molar-refractivity contribution in [2.24, 2.45) is 0 Å². The number of likely N-dealkylation sites (N-methyl/N-ethyl adjacent to an activating group) is 1. The number of alkyl halides is 1. The van der Waals surface area contributed by atoms with Crippen LogP contribution in [0.4, 0.5) is 6.01 Å². The number of halogens is 1. The third-order valence-electron chi connectivity index (χ3n) is 2.91. The third-order valence-corrected chi connectivity index (χ3v) is 3.09. The first-order chi connectivity index (χ1) is 7.59. The van der Waals surface area contributed by atoms with Crippen molar-refractivity contribution in [2.45, 2.75) is 37.8 Å². The zero-order valence-electron chi connectivity index (χ0n) is 9.68. The maximum Gasteiger partial charge on any atom is 0.318 e. The van der Waals surface area contributed by atoms with Crippen LogP contribution in [-0.2, 0) is 4.74 Å². The van der Waals surface area contributed by atoms with Crippen molar-refractivity contribution < 1.29 is 9.15 Å². The number of anilines is 1. The highest BCUT2D eigenvalue weighted by atomic mass is 35.5. The minimum atomic E-state index is -0.257. The highest BCUT2D eigenvalue weighted by Crippen LogP contribution is 2.25. The summed E-state index contributed by atoms with van der Waals surface area (Å²) in [6, 6.07) is 0.795. The van der Waals surface area contributed by atoms with Gasteiger partial charge >= 0.3 is 6.01 Å². The molecule has 0 aliphatic carbocycles. The SMILES string of the molecule is CC(Cl)c1nnc(N(C)C2CCOC2C)o1. The standard InChI is InChI=1S/C10H16ClN3O2/c1-6(11)9-12-13-10(16-9)14(3)8-4-5-15-7(8)2/h6-8H,4-5H2,1-3H3. The van der Waals surface area contributed by atoms with E-state index in [4.69, 9.17) is 20.8 Å². The second-order valence-corrected chi connectivity index (χ2v) is 4.74. The van der Waals surface area contributed by atoms with Crippen molar-refractivity contribution >= 4 is 17.6 Å². The van der Waals surface area contributed by atoms with Crippen LogP contribution in [0.3, 0.4) is 0 Å². The van der Waals surface area contributed by atoms with Crippen LogP contribution in [0.1, 0.15) is 31.5 Å². The van der Waals surface area contributed by atoms with Crippen molar-refractivity contribution in [3.8, 4) is 0 Å². The maximum atomic E-state index is 5.87.